The van der Waals surface area contributed by atoms with Crippen LogP contribution in [-0.4, -0.2) is 7.11 Å². The monoisotopic (exact) mass is 156 g/mol. The maximum atomic E-state index is 12.9. The summed E-state index contributed by atoms with van der Waals surface area (Å²) in [6.07, 6.45) is 2.95. The van der Waals surface area contributed by atoms with E-state index in [-0.39, 0.29) is 11.6 Å². The molecule has 0 heterocycles. The lowest BCUT2D eigenvalue weighted by Gasteiger charge is -2.04. The standard InChI is InChI=1S/C9H13FO/c1-5-6-8(10)9(11-4)7(2)3/h5-6H,2H2,1,3-4H3/b6-5-,9-8-. The molecule has 0 radical (unpaired) electrons. The van der Waals surface area contributed by atoms with Crippen LogP contribution in [0.4, 0.5) is 4.39 Å². The quantitative estimate of drug-likeness (QED) is 0.451. The smallest absolute Gasteiger partial charge is 0.164 e. The third-order valence-electron chi connectivity index (χ3n) is 1.12. The Hall–Kier alpha value is -1.05. The Morgan fingerprint density at radius 2 is 2.09 bits per heavy atom. The second-order valence-electron chi connectivity index (χ2n) is 2.16. The number of methoxy groups -OCH3 is 1. The molecule has 0 aliphatic rings. The molecule has 0 unspecified atom stereocenters. The lowest BCUT2D eigenvalue weighted by atomic mass is 10.2. The molecule has 0 spiro atoms. The topological polar surface area (TPSA) is 9.23 Å². The van der Waals surface area contributed by atoms with Gasteiger partial charge in [0.2, 0.25) is 0 Å². The van der Waals surface area contributed by atoms with Crippen molar-refractivity contribution in [2.75, 3.05) is 7.11 Å². The highest BCUT2D eigenvalue weighted by Crippen LogP contribution is 2.15. The molecule has 0 amide bonds. The van der Waals surface area contributed by atoms with Gasteiger partial charge in [-0.05, 0) is 25.5 Å². The molecule has 0 atom stereocenters. The van der Waals surface area contributed by atoms with Crippen LogP contribution in [0.2, 0.25) is 0 Å². The van der Waals surface area contributed by atoms with E-state index in [9.17, 15) is 4.39 Å². The molecular formula is C9H13FO. The molecule has 0 N–H and O–H groups in total. The lowest BCUT2D eigenvalue weighted by molar-refractivity contribution is 0.287. The molecule has 0 aromatic heterocycles. The maximum Gasteiger partial charge on any atom is 0.164 e. The van der Waals surface area contributed by atoms with E-state index in [0.717, 1.165) is 0 Å². The Labute approximate surface area is 66.9 Å². The van der Waals surface area contributed by atoms with Crippen molar-refractivity contribution in [2.24, 2.45) is 0 Å². The normalized spacial score (nSPS) is 13.1. The average molecular weight is 156 g/mol. The van der Waals surface area contributed by atoms with Gasteiger partial charge in [0.05, 0.1) is 7.11 Å². The van der Waals surface area contributed by atoms with E-state index < -0.39 is 0 Å². The van der Waals surface area contributed by atoms with Crippen LogP contribution in [0.5, 0.6) is 0 Å². The third kappa shape index (κ3) is 3.03. The van der Waals surface area contributed by atoms with Crippen LogP contribution in [0.25, 0.3) is 0 Å². The molecular weight excluding hydrogens is 143 g/mol. The third-order valence-corrected chi connectivity index (χ3v) is 1.12. The highest BCUT2D eigenvalue weighted by Gasteiger charge is 2.03. The highest BCUT2D eigenvalue weighted by atomic mass is 19.1. The summed E-state index contributed by atoms with van der Waals surface area (Å²) in [4.78, 5) is 0. The summed E-state index contributed by atoms with van der Waals surface area (Å²) in [5.74, 6) is -0.175. The van der Waals surface area contributed by atoms with Crippen molar-refractivity contribution >= 4 is 0 Å². The Kier molecular flexibility index (Phi) is 4.27. The van der Waals surface area contributed by atoms with E-state index in [2.05, 4.69) is 6.58 Å². The van der Waals surface area contributed by atoms with Crippen LogP contribution in [0.15, 0.2) is 35.9 Å². The lowest BCUT2D eigenvalue weighted by Crippen LogP contribution is -1.89. The Morgan fingerprint density at radius 3 is 2.36 bits per heavy atom. The summed E-state index contributed by atoms with van der Waals surface area (Å²) >= 11 is 0. The Balaban J connectivity index is 4.67. The van der Waals surface area contributed by atoms with Crippen LogP contribution >= 0.6 is 0 Å². The van der Waals surface area contributed by atoms with Crippen molar-refractivity contribution in [2.45, 2.75) is 13.8 Å². The van der Waals surface area contributed by atoms with Crippen LogP contribution < -0.4 is 0 Å². The van der Waals surface area contributed by atoms with Gasteiger partial charge in [-0.2, -0.15) is 0 Å². The minimum absolute atomic E-state index is 0.211. The van der Waals surface area contributed by atoms with Crippen molar-refractivity contribution in [3.63, 3.8) is 0 Å². The van der Waals surface area contributed by atoms with E-state index in [1.54, 1.807) is 19.9 Å². The van der Waals surface area contributed by atoms with Gasteiger partial charge in [0.25, 0.3) is 0 Å². The van der Waals surface area contributed by atoms with Crippen molar-refractivity contribution in [3.05, 3.63) is 35.9 Å². The first kappa shape index (κ1) is 9.95. The van der Waals surface area contributed by atoms with Gasteiger partial charge in [-0.25, -0.2) is 4.39 Å². The first-order chi connectivity index (χ1) is 5.13. The molecule has 2 heteroatoms. The van der Waals surface area contributed by atoms with Crippen molar-refractivity contribution in [1.82, 2.24) is 0 Å². The number of allylic oxidation sites excluding steroid dienone is 4. The van der Waals surface area contributed by atoms with Crippen LogP contribution in [0, 0.1) is 0 Å². The van der Waals surface area contributed by atoms with Crippen LogP contribution in [0.3, 0.4) is 0 Å². The molecule has 11 heavy (non-hydrogen) atoms. The Bertz CT molecular complexity index is 202. The second kappa shape index (κ2) is 4.72. The van der Waals surface area contributed by atoms with Crippen LogP contribution in [0.1, 0.15) is 13.8 Å². The second-order valence-corrected chi connectivity index (χ2v) is 2.16. The first-order valence-corrected chi connectivity index (χ1v) is 3.35. The van der Waals surface area contributed by atoms with E-state index >= 15 is 0 Å². The summed E-state index contributed by atoms with van der Waals surface area (Å²) in [6.45, 7) is 7.01. The molecule has 0 saturated heterocycles. The molecule has 0 saturated carbocycles. The van der Waals surface area contributed by atoms with Gasteiger partial charge in [0.1, 0.15) is 0 Å². The van der Waals surface area contributed by atoms with Gasteiger partial charge in [-0.3, -0.25) is 0 Å². The fourth-order valence-corrected chi connectivity index (χ4v) is 0.698. The summed E-state index contributed by atoms with van der Waals surface area (Å²) in [7, 11) is 1.42. The SMILES string of the molecule is C=C(C)/C(OC)=C(F)\C=C/C. The van der Waals surface area contributed by atoms with E-state index in [4.69, 9.17) is 4.74 Å². The van der Waals surface area contributed by atoms with Gasteiger partial charge in [0, 0.05) is 0 Å². The van der Waals surface area contributed by atoms with Crippen molar-refractivity contribution < 1.29 is 9.13 Å². The summed E-state index contributed by atoms with van der Waals surface area (Å²) in [6, 6.07) is 0. The largest absolute Gasteiger partial charge is 0.493 e. The zero-order valence-corrected chi connectivity index (χ0v) is 7.15. The zero-order valence-electron chi connectivity index (χ0n) is 7.15. The van der Waals surface area contributed by atoms with Crippen molar-refractivity contribution in [1.29, 1.82) is 0 Å². The molecule has 0 aromatic carbocycles. The summed E-state index contributed by atoms with van der Waals surface area (Å²) in [5, 5.41) is 0. The molecule has 0 aliphatic carbocycles. The minimum atomic E-state index is -0.387. The van der Waals surface area contributed by atoms with E-state index in [0.29, 0.717) is 5.57 Å². The predicted octanol–water partition coefficient (Wildman–Crippen LogP) is 2.97. The highest BCUT2D eigenvalue weighted by molar-refractivity contribution is 5.28. The predicted molar refractivity (Wildman–Crippen MR) is 44.8 cm³/mol. The molecule has 62 valence electrons. The minimum Gasteiger partial charge on any atom is -0.493 e. The fourth-order valence-electron chi connectivity index (χ4n) is 0.698. The average Bonchev–Trinajstić information content (AvgIpc) is 1.88. The molecule has 0 aromatic rings. The van der Waals surface area contributed by atoms with Gasteiger partial charge < -0.3 is 4.74 Å². The summed E-state index contributed by atoms with van der Waals surface area (Å²) < 4.78 is 17.7. The number of rotatable bonds is 3. The van der Waals surface area contributed by atoms with Crippen molar-refractivity contribution in [3.8, 4) is 0 Å². The maximum absolute atomic E-state index is 12.9. The molecule has 0 aliphatic heterocycles. The summed E-state index contributed by atoms with van der Waals surface area (Å²) in [5.41, 5.74) is 0.586. The van der Waals surface area contributed by atoms with Gasteiger partial charge in [0.15, 0.2) is 11.6 Å². The van der Waals surface area contributed by atoms with Gasteiger partial charge in [-0.15, -0.1) is 0 Å². The molecule has 1 nitrogen and oxygen atoms in total. The van der Waals surface area contributed by atoms with E-state index in [1.807, 2.05) is 0 Å². The molecule has 0 rings (SSSR count). The van der Waals surface area contributed by atoms with E-state index in [1.165, 1.54) is 13.2 Å². The fraction of sp³-hybridized carbons (Fsp3) is 0.333. The number of hydrogen-bond donors (Lipinski definition) is 0. The number of ether oxygens (including phenoxy) is 1. The zero-order chi connectivity index (χ0) is 8.85. The Morgan fingerprint density at radius 1 is 1.55 bits per heavy atom. The number of halogens is 1. The number of hydrogen-bond acceptors (Lipinski definition) is 1. The van der Waals surface area contributed by atoms with Gasteiger partial charge >= 0.3 is 0 Å². The van der Waals surface area contributed by atoms with Crippen LogP contribution in [-0.2, 0) is 4.74 Å². The molecule has 0 bridgehead atoms. The molecule has 0 fully saturated rings. The van der Waals surface area contributed by atoms with Gasteiger partial charge in [-0.1, -0.05) is 12.7 Å². The first-order valence-electron chi connectivity index (χ1n) is 3.35.